The minimum Gasteiger partial charge on any atom is -0.207 e. The number of halogens is 13. The number of hydrogen-bond donors (Lipinski definition) is 0. The van der Waals surface area contributed by atoms with Crippen LogP contribution in [0.4, 0.5) is 57.1 Å². The van der Waals surface area contributed by atoms with E-state index in [0.717, 1.165) is 17.4 Å². The van der Waals surface area contributed by atoms with Crippen LogP contribution in [0.1, 0.15) is 42.4 Å². The standard InChI is InChI=1S/C28H21F13S4/c1-23(29,30)11-25(33,34)13-27(37,38)22-9-8-21(45-22)20-7-6-19(44-20)18-5-4-17(43-18)16-3-2-15(42-16)10-24(31,32)12-26(35,36)14-28(39,40)41/h2-9H,10-14H2,1H3. The van der Waals surface area contributed by atoms with Crippen LogP contribution in [0.15, 0.2) is 48.5 Å². The molecule has 0 bridgehead atoms. The predicted molar refractivity (Wildman–Crippen MR) is 152 cm³/mol. The average Bonchev–Trinajstić information content (AvgIpc) is 3.58. The van der Waals surface area contributed by atoms with E-state index < -0.39 is 72.8 Å². The Morgan fingerprint density at radius 1 is 0.444 bits per heavy atom. The third-order valence-electron chi connectivity index (χ3n) is 6.03. The zero-order chi connectivity index (χ0) is 33.6. The van der Waals surface area contributed by atoms with Gasteiger partial charge < -0.3 is 0 Å². The van der Waals surface area contributed by atoms with Gasteiger partial charge in [0.1, 0.15) is 6.42 Å². The van der Waals surface area contributed by atoms with Crippen LogP contribution >= 0.6 is 45.3 Å². The molecule has 0 saturated heterocycles. The molecule has 0 aliphatic rings. The Balaban J connectivity index is 1.43. The maximum Gasteiger partial charge on any atom is 0.394 e. The molecule has 0 aliphatic carbocycles. The topological polar surface area (TPSA) is 0 Å². The molecule has 0 amide bonds. The maximum atomic E-state index is 14.6. The van der Waals surface area contributed by atoms with Crippen molar-refractivity contribution in [2.75, 3.05) is 0 Å². The van der Waals surface area contributed by atoms with E-state index in [1.54, 1.807) is 24.3 Å². The predicted octanol–water partition coefficient (Wildman–Crippen LogP) is 13.3. The summed E-state index contributed by atoms with van der Waals surface area (Å²) < 4.78 is 175. The molecule has 0 radical (unpaired) electrons. The van der Waals surface area contributed by atoms with E-state index in [9.17, 15) is 57.1 Å². The summed E-state index contributed by atoms with van der Waals surface area (Å²) in [5.74, 6) is -20.9. The fourth-order valence-electron chi connectivity index (χ4n) is 4.46. The Labute approximate surface area is 264 Å². The molecule has 4 heterocycles. The van der Waals surface area contributed by atoms with E-state index in [1.807, 2.05) is 0 Å². The highest BCUT2D eigenvalue weighted by Gasteiger charge is 2.51. The van der Waals surface area contributed by atoms with Gasteiger partial charge in [0, 0.05) is 40.6 Å². The molecule has 0 atom stereocenters. The molecule has 0 saturated carbocycles. The molecular formula is C28H21F13S4. The summed E-state index contributed by atoms with van der Waals surface area (Å²) in [4.78, 5) is 2.70. The Morgan fingerprint density at radius 3 is 1.36 bits per heavy atom. The second-order valence-electron chi connectivity index (χ2n) is 10.6. The van der Waals surface area contributed by atoms with E-state index in [0.29, 0.717) is 40.6 Å². The first-order valence-electron chi connectivity index (χ1n) is 12.8. The molecule has 0 nitrogen and oxygen atoms in total. The minimum atomic E-state index is -5.30. The first-order valence-corrected chi connectivity index (χ1v) is 16.0. The van der Waals surface area contributed by atoms with Crippen LogP contribution in [0.25, 0.3) is 29.3 Å². The summed E-state index contributed by atoms with van der Waals surface area (Å²) in [6.45, 7) is 0.230. The van der Waals surface area contributed by atoms with E-state index in [2.05, 4.69) is 0 Å². The van der Waals surface area contributed by atoms with Crippen molar-refractivity contribution in [3.8, 4) is 29.3 Å². The van der Waals surface area contributed by atoms with E-state index in [4.69, 9.17) is 0 Å². The van der Waals surface area contributed by atoms with Gasteiger partial charge in [0.05, 0.1) is 24.1 Å². The first kappa shape index (κ1) is 35.7. The number of thiophene rings is 4. The summed E-state index contributed by atoms with van der Waals surface area (Å²) in [5, 5.41) is 0. The van der Waals surface area contributed by atoms with Gasteiger partial charge >= 0.3 is 6.18 Å². The zero-order valence-electron chi connectivity index (χ0n) is 22.7. The first-order chi connectivity index (χ1) is 20.4. The largest absolute Gasteiger partial charge is 0.394 e. The molecule has 0 aliphatic heterocycles. The quantitative estimate of drug-likeness (QED) is 0.120. The average molecular weight is 733 g/mol. The van der Waals surface area contributed by atoms with Gasteiger partial charge in [0.25, 0.3) is 29.6 Å². The van der Waals surface area contributed by atoms with Crippen LogP contribution in [0, 0.1) is 0 Å². The third-order valence-corrected chi connectivity index (χ3v) is 11.1. The van der Waals surface area contributed by atoms with Crippen LogP contribution in [-0.4, -0.2) is 29.9 Å². The third kappa shape index (κ3) is 10.2. The molecule has 0 fully saturated rings. The second-order valence-corrected chi connectivity index (χ2v) is 15.0. The van der Waals surface area contributed by atoms with Crippen LogP contribution in [0.5, 0.6) is 0 Å². The van der Waals surface area contributed by atoms with Crippen molar-refractivity contribution in [2.24, 2.45) is 0 Å². The van der Waals surface area contributed by atoms with E-state index >= 15 is 0 Å². The molecule has 0 aromatic carbocycles. The van der Waals surface area contributed by atoms with Gasteiger partial charge in [-0.3, -0.25) is 0 Å². The normalized spacial score (nSPS) is 14.0. The fraction of sp³-hybridized carbons (Fsp3) is 0.429. The van der Waals surface area contributed by atoms with Crippen molar-refractivity contribution < 1.29 is 57.1 Å². The number of hydrogen-bond acceptors (Lipinski definition) is 4. The molecule has 4 rings (SSSR count). The van der Waals surface area contributed by atoms with Gasteiger partial charge in [-0.1, -0.05) is 0 Å². The van der Waals surface area contributed by atoms with Crippen molar-refractivity contribution in [2.45, 2.75) is 74.8 Å². The summed E-state index contributed by atoms with van der Waals surface area (Å²) in [6.07, 6.45) is -15.4. The van der Waals surface area contributed by atoms with Crippen LogP contribution in [-0.2, 0) is 12.3 Å². The molecule has 0 N–H and O–H groups in total. The Morgan fingerprint density at radius 2 is 0.867 bits per heavy atom. The maximum absolute atomic E-state index is 14.6. The highest BCUT2D eigenvalue weighted by Crippen LogP contribution is 2.48. The van der Waals surface area contributed by atoms with Crippen molar-refractivity contribution in [1.82, 2.24) is 0 Å². The lowest BCUT2D eigenvalue weighted by Gasteiger charge is -2.24. The van der Waals surface area contributed by atoms with Gasteiger partial charge in [0.15, 0.2) is 0 Å². The molecular weight excluding hydrogens is 712 g/mol. The summed E-state index contributed by atoms with van der Waals surface area (Å²) >= 11 is 3.87. The minimum absolute atomic E-state index is 0.00219. The molecule has 17 heteroatoms. The molecule has 4 aromatic rings. The SMILES string of the molecule is CC(F)(F)CC(F)(F)CC(F)(F)c1ccc(-c2ccc(-c3ccc(-c4ccc(CC(F)(F)CC(F)(F)CC(F)(F)F)s4)s3)s2)s1. The van der Waals surface area contributed by atoms with E-state index in [1.165, 1.54) is 40.9 Å². The number of rotatable bonds is 13. The Kier molecular flexibility index (Phi) is 9.92. The lowest BCUT2D eigenvalue weighted by atomic mass is 10.0. The van der Waals surface area contributed by atoms with Gasteiger partial charge in [-0.05, 0) is 55.5 Å². The lowest BCUT2D eigenvalue weighted by Crippen LogP contribution is -2.34. The fourth-order valence-corrected chi connectivity index (χ4v) is 8.81. The zero-order valence-corrected chi connectivity index (χ0v) is 26.0. The second kappa shape index (κ2) is 12.5. The van der Waals surface area contributed by atoms with Gasteiger partial charge in [-0.2, -0.15) is 13.2 Å². The van der Waals surface area contributed by atoms with E-state index in [-0.39, 0.29) is 11.8 Å². The van der Waals surface area contributed by atoms with Crippen LogP contribution in [0.3, 0.4) is 0 Å². The highest BCUT2D eigenvalue weighted by molar-refractivity contribution is 7.28. The molecule has 45 heavy (non-hydrogen) atoms. The summed E-state index contributed by atoms with van der Waals surface area (Å²) in [5.41, 5.74) is 0. The van der Waals surface area contributed by atoms with Crippen molar-refractivity contribution >= 4 is 45.3 Å². The molecule has 0 spiro atoms. The van der Waals surface area contributed by atoms with Crippen LogP contribution < -0.4 is 0 Å². The Bertz CT molecular complexity index is 1580. The van der Waals surface area contributed by atoms with Crippen molar-refractivity contribution in [3.63, 3.8) is 0 Å². The van der Waals surface area contributed by atoms with Crippen molar-refractivity contribution in [1.29, 1.82) is 0 Å². The lowest BCUT2D eigenvalue weighted by molar-refractivity contribution is -0.205. The molecule has 0 unspecified atom stereocenters. The number of alkyl halides is 13. The van der Waals surface area contributed by atoms with Crippen LogP contribution in [0.2, 0.25) is 0 Å². The van der Waals surface area contributed by atoms with Gasteiger partial charge in [0.2, 0.25) is 0 Å². The molecule has 4 aromatic heterocycles. The Hall–Kier alpha value is -2.11. The smallest absolute Gasteiger partial charge is 0.207 e. The monoisotopic (exact) mass is 732 g/mol. The van der Waals surface area contributed by atoms with Gasteiger partial charge in [-0.25, -0.2) is 43.9 Å². The van der Waals surface area contributed by atoms with Crippen molar-refractivity contribution in [3.05, 3.63) is 58.3 Å². The van der Waals surface area contributed by atoms with Gasteiger partial charge in [-0.15, -0.1) is 45.3 Å². The molecule has 248 valence electrons. The summed E-state index contributed by atoms with van der Waals surface area (Å²) in [6, 6.07) is 11.8. The highest BCUT2D eigenvalue weighted by atomic mass is 32.1. The summed E-state index contributed by atoms with van der Waals surface area (Å²) in [7, 11) is 0.